The van der Waals surface area contributed by atoms with E-state index in [4.69, 9.17) is 11.6 Å². The second kappa shape index (κ2) is 9.44. The van der Waals surface area contributed by atoms with E-state index in [-0.39, 0.29) is 17.1 Å². The quantitative estimate of drug-likeness (QED) is 0.312. The summed E-state index contributed by atoms with van der Waals surface area (Å²) in [6, 6.07) is 10.5. The second-order valence-corrected chi connectivity index (χ2v) is 8.77. The molecule has 2 aromatic carbocycles. The highest BCUT2D eigenvalue weighted by molar-refractivity contribution is 7.99. The van der Waals surface area contributed by atoms with E-state index < -0.39 is 33.8 Å². The highest BCUT2D eigenvalue weighted by Gasteiger charge is 2.39. The topological polar surface area (TPSA) is 90.1 Å². The number of nitrogens with zero attached hydrogens (tertiary/aromatic N) is 3. The number of halogens is 4. The number of alkyl halides is 3. The normalized spacial score (nSPS) is 12.5. The number of anilines is 1. The van der Waals surface area contributed by atoms with E-state index in [1.807, 2.05) is 31.2 Å². The second-order valence-electron chi connectivity index (χ2n) is 7.24. The largest absolute Gasteiger partial charge is 0.436 e. The van der Waals surface area contributed by atoms with Crippen molar-refractivity contribution in [2.75, 3.05) is 5.32 Å². The van der Waals surface area contributed by atoms with Crippen LogP contribution in [0.5, 0.6) is 0 Å². The molecule has 0 aliphatic carbocycles. The van der Waals surface area contributed by atoms with Crippen LogP contribution in [0.3, 0.4) is 0 Å². The number of carbonyl (C=O) groups is 1. The zero-order valence-electron chi connectivity index (χ0n) is 17.6. The molecule has 7 nitrogen and oxygen atoms in total. The predicted molar refractivity (Wildman–Crippen MR) is 119 cm³/mol. The Balaban J connectivity index is 1.87. The van der Waals surface area contributed by atoms with Gasteiger partial charge in [0.05, 0.1) is 15.6 Å². The van der Waals surface area contributed by atoms with Gasteiger partial charge in [-0.2, -0.15) is 18.3 Å². The third-order valence-corrected chi connectivity index (χ3v) is 6.15. The van der Waals surface area contributed by atoms with Gasteiger partial charge in [0.2, 0.25) is 5.91 Å². The monoisotopic (exact) mass is 498 g/mol. The molecule has 12 heteroatoms. The van der Waals surface area contributed by atoms with Crippen LogP contribution in [0.15, 0.2) is 52.3 Å². The number of amides is 1. The van der Waals surface area contributed by atoms with E-state index in [1.165, 1.54) is 37.7 Å². The SMILES string of the molecule is Cc1ccc(Sc2cc(NC(=O)C(C)n3nc(C(F)(F)F)c(Cl)c3C)cc([N+](=O)[O-])c2)cc1. The van der Waals surface area contributed by atoms with E-state index in [9.17, 15) is 28.1 Å². The zero-order chi connectivity index (χ0) is 24.5. The van der Waals surface area contributed by atoms with Crippen LogP contribution in [0.4, 0.5) is 24.5 Å². The Kier molecular flexibility index (Phi) is 7.03. The Morgan fingerprint density at radius 2 is 1.82 bits per heavy atom. The lowest BCUT2D eigenvalue weighted by molar-refractivity contribution is -0.385. The molecule has 1 heterocycles. The fourth-order valence-electron chi connectivity index (χ4n) is 2.98. The number of hydrogen-bond donors (Lipinski definition) is 1. The van der Waals surface area contributed by atoms with Gasteiger partial charge in [0.25, 0.3) is 5.69 Å². The number of non-ortho nitro benzene ring substituents is 1. The lowest BCUT2D eigenvalue weighted by atomic mass is 10.2. The summed E-state index contributed by atoms with van der Waals surface area (Å²) in [6.45, 7) is 4.60. The number of nitro groups is 1. The lowest BCUT2D eigenvalue weighted by Gasteiger charge is -2.15. The van der Waals surface area contributed by atoms with Crippen molar-refractivity contribution in [2.24, 2.45) is 0 Å². The number of rotatable bonds is 6. The molecule has 1 amide bonds. The Labute approximate surface area is 196 Å². The maximum atomic E-state index is 13.1. The molecule has 0 bridgehead atoms. The molecule has 0 spiro atoms. The summed E-state index contributed by atoms with van der Waals surface area (Å²) in [5.41, 5.74) is -0.367. The number of nitro benzene ring substituents is 1. The summed E-state index contributed by atoms with van der Waals surface area (Å²) < 4.78 is 40.2. The van der Waals surface area contributed by atoms with Crippen molar-refractivity contribution in [1.29, 1.82) is 0 Å². The molecule has 174 valence electrons. The van der Waals surface area contributed by atoms with E-state index in [0.29, 0.717) is 4.90 Å². The first-order valence-corrected chi connectivity index (χ1v) is 10.7. The molecule has 1 unspecified atom stereocenters. The molecule has 0 radical (unpaired) electrons. The zero-order valence-corrected chi connectivity index (χ0v) is 19.2. The summed E-state index contributed by atoms with van der Waals surface area (Å²) in [6.07, 6.45) is -4.77. The first kappa shape index (κ1) is 24.6. The fourth-order valence-corrected chi connectivity index (χ4v) is 4.12. The molecule has 0 saturated carbocycles. The first-order chi connectivity index (χ1) is 15.4. The van der Waals surface area contributed by atoms with Crippen LogP contribution < -0.4 is 5.32 Å². The summed E-state index contributed by atoms with van der Waals surface area (Å²) in [7, 11) is 0. The Morgan fingerprint density at radius 3 is 2.36 bits per heavy atom. The third kappa shape index (κ3) is 5.66. The van der Waals surface area contributed by atoms with Gasteiger partial charge in [-0.25, -0.2) is 0 Å². The number of nitrogens with one attached hydrogen (secondary N) is 1. The Morgan fingerprint density at radius 1 is 1.18 bits per heavy atom. The van der Waals surface area contributed by atoms with Gasteiger partial charge in [0, 0.05) is 27.6 Å². The van der Waals surface area contributed by atoms with Crippen LogP contribution in [0.1, 0.15) is 29.9 Å². The molecule has 1 aromatic heterocycles. The molecular formula is C21H18ClF3N4O3S. The van der Waals surface area contributed by atoms with Crippen molar-refractivity contribution in [3.8, 4) is 0 Å². The highest BCUT2D eigenvalue weighted by Crippen LogP contribution is 2.37. The van der Waals surface area contributed by atoms with Gasteiger partial charge in [-0.15, -0.1) is 0 Å². The van der Waals surface area contributed by atoms with Crippen LogP contribution in [0.2, 0.25) is 5.02 Å². The molecule has 1 atom stereocenters. The minimum absolute atomic E-state index is 0.0266. The minimum atomic E-state index is -4.77. The number of hydrogen-bond acceptors (Lipinski definition) is 5. The van der Waals surface area contributed by atoms with Crippen molar-refractivity contribution in [3.63, 3.8) is 0 Å². The molecule has 33 heavy (non-hydrogen) atoms. The van der Waals surface area contributed by atoms with Gasteiger partial charge in [0.15, 0.2) is 5.69 Å². The van der Waals surface area contributed by atoms with Gasteiger partial charge < -0.3 is 5.32 Å². The van der Waals surface area contributed by atoms with Crippen molar-refractivity contribution >= 4 is 40.6 Å². The van der Waals surface area contributed by atoms with Gasteiger partial charge >= 0.3 is 6.18 Å². The number of benzene rings is 2. The lowest BCUT2D eigenvalue weighted by Crippen LogP contribution is -2.25. The molecule has 3 rings (SSSR count). The number of aromatic nitrogens is 2. The summed E-state index contributed by atoms with van der Waals surface area (Å²) >= 11 is 7.03. The maximum absolute atomic E-state index is 13.1. The summed E-state index contributed by atoms with van der Waals surface area (Å²) in [5, 5.41) is 16.8. The van der Waals surface area contributed by atoms with Crippen LogP contribution in [0.25, 0.3) is 0 Å². The van der Waals surface area contributed by atoms with Crippen molar-refractivity contribution < 1.29 is 22.9 Å². The van der Waals surface area contributed by atoms with Gasteiger partial charge in [-0.05, 0) is 39.0 Å². The average molecular weight is 499 g/mol. The third-order valence-electron chi connectivity index (χ3n) is 4.72. The molecule has 0 saturated heterocycles. The minimum Gasteiger partial charge on any atom is -0.324 e. The summed E-state index contributed by atoms with van der Waals surface area (Å²) in [5.74, 6) is -0.710. The first-order valence-electron chi connectivity index (χ1n) is 9.53. The van der Waals surface area contributed by atoms with E-state index >= 15 is 0 Å². The van der Waals surface area contributed by atoms with Crippen molar-refractivity contribution in [3.05, 3.63) is 74.6 Å². The number of aryl methyl sites for hydroxylation is 1. The fraction of sp³-hybridized carbons (Fsp3) is 0.238. The maximum Gasteiger partial charge on any atom is 0.436 e. The van der Waals surface area contributed by atoms with Crippen molar-refractivity contribution in [1.82, 2.24) is 9.78 Å². The molecule has 0 fully saturated rings. The van der Waals surface area contributed by atoms with Crippen LogP contribution in [-0.2, 0) is 11.0 Å². The van der Waals surface area contributed by atoms with Gasteiger partial charge in [-0.3, -0.25) is 19.6 Å². The predicted octanol–water partition coefficient (Wildman–Crippen LogP) is 6.43. The molecule has 0 aliphatic rings. The molecular weight excluding hydrogens is 481 g/mol. The molecule has 3 aromatic rings. The Hall–Kier alpha value is -3.05. The smallest absolute Gasteiger partial charge is 0.324 e. The number of carbonyl (C=O) groups excluding carboxylic acids is 1. The highest BCUT2D eigenvalue weighted by atomic mass is 35.5. The van der Waals surface area contributed by atoms with Gasteiger partial charge in [0.1, 0.15) is 6.04 Å². The van der Waals surface area contributed by atoms with Crippen LogP contribution in [-0.4, -0.2) is 20.6 Å². The van der Waals surface area contributed by atoms with Crippen molar-refractivity contribution in [2.45, 2.75) is 42.8 Å². The van der Waals surface area contributed by atoms with Crippen LogP contribution >= 0.6 is 23.4 Å². The average Bonchev–Trinajstić information content (AvgIpc) is 3.04. The molecule has 1 N–H and O–H groups in total. The molecule has 0 aliphatic heterocycles. The van der Waals surface area contributed by atoms with Gasteiger partial charge in [-0.1, -0.05) is 41.1 Å². The summed E-state index contributed by atoms with van der Waals surface area (Å²) in [4.78, 5) is 24.9. The van der Waals surface area contributed by atoms with E-state index in [0.717, 1.165) is 15.1 Å². The van der Waals surface area contributed by atoms with E-state index in [2.05, 4.69) is 10.4 Å². The van der Waals surface area contributed by atoms with E-state index in [1.54, 1.807) is 6.07 Å². The standard InChI is InChI=1S/C21H18ClF3N4O3S/c1-11-4-6-16(7-5-11)33-17-9-14(8-15(10-17)29(31)32)26-20(30)13(3)28-12(2)18(22)19(27-28)21(23,24)25/h4-10,13H,1-3H3,(H,26,30). The Bertz CT molecular complexity index is 1210. The van der Waals surface area contributed by atoms with Crippen LogP contribution in [0, 0.1) is 24.0 Å².